The number of aromatic nitrogens is 2. The van der Waals surface area contributed by atoms with E-state index in [4.69, 9.17) is 4.74 Å². The molecule has 0 saturated carbocycles. The first-order chi connectivity index (χ1) is 12.7. The number of anilines is 1. The average Bonchev–Trinajstić information content (AvgIpc) is 3.00. The second kappa shape index (κ2) is 7.42. The first-order valence-corrected chi connectivity index (χ1v) is 9.07. The highest BCUT2D eigenvalue weighted by Gasteiger charge is 2.27. The van der Waals surface area contributed by atoms with Crippen molar-refractivity contribution in [1.82, 2.24) is 14.9 Å². The number of fused-ring (bicyclic) bond motifs is 1. The molecule has 27 heavy (non-hydrogen) atoms. The Kier molecular flexibility index (Phi) is 5.20. The number of hydrogen-bond donors (Lipinski definition) is 2. The van der Waals surface area contributed by atoms with Gasteiger partial charge in [-0.25, -0.2) is 9.78 Å². The van der Waals surface area contributed by atoms with E-state index in [1.165, 1.54) is 12.1 Å². The Hall–Kier alpha value is -2.84. The quantitative estimate of drug-likeness (QED) is 0.624. The van der Waals surface area contributed by atoms with Crippen LogP contribution in [0, 0.1) is 16.0 Å². The zero-order valence-electron chi connectivity index (χ0n) is 15.8. The number of H-pyrrole nitrogens is 1. The number of likely N-dealkylation sites (tertiary alicyclic amines) is 1. The standard InChI is InChI=1S/C18H25N5O4/c1-18(2,3)27-17(24)22-8-4-5-12(11-22)10-19-16-20-14-7-6-13(23(25)26)9-15(14)21-16/h6-7,9,12H,4-5,8,10-11H2,1-3H3,(H2,19,20,21)/t12-/m1/s1. The van der Waals surface area contributed by atoms with Gasteiger partial charge in [-0.1, -0.05) is 0 Å². The molecule has 0 bridgehead atoms. The predicted octanol–water partition coefficient (Wildman–Crippen LogP) is 3.53. The number of nitro groups is 1. The van der Waals surface area contributed by atoms with Crippen molar-refractivity contribution in [2.45, 2.75) is 39.2 Å². The largest absolute Gasteiger partial charge is 0.444 e. The topological polar surface area (TPSA) is 113 Å². The van der Waals surface area contributed by atoms with Crippen LogP contribution in [0.1, 0.15) is 33.6 Å². The lowest BCUT2D eigenvalue weighted by Gasteiger charge is -2.34. The molecule has 0 unspecified atom stereocenters. The minimum atomic E-state index is -0.501. The lowest BCUT2D eigenvalue weighted by molar-refractivity contribution is -0.384. The number of aromatic amines is 1. The second-order valence-electron chi connectivity index (χ2n) is 7.86. The number of rotatable bonds is 4. The molecule has 2 heterocycles. The molecule has 146 valence electrons. The van der Waals surface area contributed by atoms with Crippen molar-refractivity contribution in [2.75, 3.05) is 25.0 Å². The molecule has 1 aromatic carbocycles. The first-order valence-electron chi connectivity index (χ1n) is 9.07. The molecule has 0 aliphatic carbocycles. The summed E-state index contributed by atoms with van der Waals surface area (Å²) in [6, 6.07) is 4.53. The maximum atomic E-state index is 12.2. The number of carbonyl (C=O) groups is 1. The van der Waals surface area contributed by atoms with Crippen LogP contribution in [-0.2, 0) is 4.74 Å². The van der Waals surface area contributed by atoms with Crippen LogP contribution in [0.5, 0.6) is 0 Å². The van der Waals surface area contributed by atoms with Crippen LogP contribution in [0.25, 0.3) is 11.0 Å². The molecule has 0 radical (unpaired) electrons. The molecule has 9 nitrogen and oxygen atoms in total. The lowest BCUT2D eigenvalue weighted by atomic mass is 9.98. The van der Waals surface area contributed by atoms with Gasteiger partial charge in [0.1, 0.15) is 5.60 Å². The highest BCUT2D eigenvalue weighted by Crippen LogP contribution is 2.22. The number of non-ortho nitro benzene ring substituents is 1. The summed E-state index contributed by atoms with van der Waals surface area (Å²) in [7, 11) is 0. The minimum Gasteiger partial charge on any atom is -0.444 e. The van der Waals surface area contributed by atoms with Crippen LogP contribution < -0.4 is 5.32 Å². The lowest BCUT2D eigenvalue weighted by Crippen LogP contribution is -2.44. The molecule has 1 fully saturated rings. The van der Waals surface area contributed by atoms with Crippen LogP contribution in [0.4, 0.5) is 16.4 Å². The maximum Gasteiger partial charge on any atom is 0.410 e. The Morgan fingerprint density at radius 3 is 2.96 bits per heavy atom. The maximum absolute atomic E-state index is 12.2. The van der Waals surface area contributed by atoms with Crippen molar-refractivity contribution in [1.29, 1.82) is 0 Å². The third-order valence-electron chi connectivity index (χ3n) is 4.41. The van der Waals surface area contributed by atoms with Gasteiger partial charge in [0.15, 0.2) is 0 Å². The zero-order valence-corrected chi connectivity index (χ0v) is 15.8. The Bertz CT molecular complexity index is 842. The van der Waals surface area contributed by atoms with Crippen molar-refractivity contribution in [2.24, 2.45) is 5.92 Å². The third kappa shape index (κ3) is 4.87. The van der Waals surface area contributed by atoms with E-state index in [0.717, 1.165) is 12.8 Å². The molecule has 3 rings (SSSR count). The SMILES string of the molecule is CC(C)(C)OC(=O)N1CCC[C@H](CNc2nc3ccc([N+](=O)[O-])cc3[nH]2)C1. The van der Waals surface area contributed by atoms with Gasteiger partial charge in [0, 0.05) is 31.8 Å². The van der Waals surface area contributed by atoms with E-state index in [1.807, 2.05) is 20.8 Å². The van der Waals surface area contributed by atoms with Crippen molar-refractivity contribution in [3.63, 3.8) is 0 Å². The minimum absolute atomic E-state index is 0.0259. The summed E-state index contributed by atoms with van der Waals surface area (Å²) >= 11 is 0. The molecule has 1 saturated heterocycles. The number of amides is 1. The van der Waals surface area contributed by atoms with E-state index in [9.17, 15) is 14.9 Å². The number of piperidine rings is 1. The third-order valence-corrected chi connectivity index (χ3v) is 4.41. The normalized spacial score (nSPS) is 17.7. The molecule has 2 aromatic rings. The number of nitrogens with zero attached hydrogens (tertiary/aromatic N) is 3. The molecule has 1 atom stereocenters. The van der Waals surface area contributed by atoms with Gasteiger partial charge in [-0.15, -0.1) is 0 Å². The van der Waals surface area contributed by atoms with Gasteiger partial charge in [0.2, 0.25) is 5.95 Å². The monoisotopic (exact) mass is 375 g/mol. The summed E-state index contributed by atoms with van der Waals surface area (Å²) in [6.07, 6.45) is 1.67. The van der Waals surface area contributed by atoms with Gasteiger partial charge in [-0.2, -0.15) is 0 Å². The second-order valence-corrected chi connectivity index (χ2v) is 7.86. The Labute approximate surface area is 157 Å². The predicted molar refractivity (Wildman–Crippen MR) is 102 cm³/mol. The van der Waals surface area contributed by atoms with Crippen molar-refractivity contribution >= 4 is 28.8 Å². The van der Waals surface area contributed by atoms with Crippen molar-refractivity contribution < 1.29 is 14.5 Å². The number of benzene rings is 1. The van der Waals surface area contributed by atoms with E-state index in [0.29, 0.717) is 36.6 Å². The van der Waals surface area contributed by atoms with E-state index >= 15 is 0 Å². The van der Waals surface area contributed by atoms with Gasteiger partial charge in [0.25, 0.3) is 5.69 Å². The van der Waals surface area contributed by atoms with Gasteiger partial charge >= 0.3 is 6.09 Å². The summed E-state index contributed by atoms with van der Waals surface area (Å²) < 4.78 is 5.45. The number of imidazole rings is 1. The Morgan fingerprint density at radius 2 is 2.26 bits per heavy atom. The average molecular weight is 375 g/mol. The van der Waals surface area contributed by atoms with Crippen molar-refractivity contribution in [3.05, 3.63) is 28.3 Å². The van der Waals surface area contributed by atoms with E-state index in [-0.39, 0.29) is 17.7 Å². The molecule has 1 aromatic heterocycles. The van der Waals surface area contributed by atoms with Gasteiger partial charge < -0.3 is 19.9 Å². The fourth-order valence-corrected chi connectivity index (χ4v) is 3.16. The van der Waals surface area contributed by atoms with Crippen LogP contribution in [0.2, 0.25) is 0 Å². The fraction of sp³-hybridized carbons (Fsp3) is 0.556. The van der Waals surface area contributed by atoms with Crippen LogP contribution in [0.15, 0.2) is 18.2 Å². The molecule has 1 aliphatic heterocycles. The molecular weight excluding hydrogens is 350 g/mol. The highest BCUT2D eigenvalue weighted by molar-refractivity contribution is 5.79. The van der Waals surface area contributed by atoms with Gasteiger partial charge in [-0.3, -0.25) is 10.1 Å². The number of ether oxygens (including phenoxy) is 1. The highest BCUT2D eigenvalue weighted by atomic mass is 16.6. The number of nitro benzene ring substituents is 1. The van der Waals surface area contributed by atoms with E-state index in [2.05, 4.69) is 15.3 Å². The van der Waals surface area contributed by atoms with Crippen LogP contribution >= 0.6 is 0 Å². The molecule has 2 N–H and O–H groups in total. The van der Waals surface area contributed by atoms with Gasteiger partial charge in [0.05, 0.1) is 16.0 Å². The fourth-order valence-electron chi connectivity index (χ4n) is 3.16. The summed E-state index contributed by atoms with van der Waals surface area (Å²) in [5, 5.41) is 14.1. The molecule has 9 heteroatoms. The summed E-state index contributed by atoms with van der Waals surface area (Å²) in [5.74, 6) is 0.855. The molecular formula is C18H25N5O4. The number of carbonyl (C=O) groups excluding carboxylic acids is 1. The zero-order chi connectivity index (χ0) is 19.6. The number of hydrogen-bond acceptors (Lipinski definition) is 6. The summed E-state index contributed by atoms with van der Waals surface area (Å²) in [5.41, 5.74) is 0.810. The van der Waals surface area contributed by atoms with Gasteiger partial charge in [-0.05, 0) is 45.6 Å². The Morgan fingerprint density at radius 1 is 1.48 bits per heavy atom. The van der Waals surface area contributed by atoms with Crippen LogP contribution in [-0.4, -0.2) is 51.1 Å². The van der Waals surface area contributed by atoms with E-state index < -0.39 is 10.5 Å². The Balaban J connectivity index is 1.58. The molecule has 0 spiro atoms. The number of nitrogens with one attached hydrogen (secondary N) is 2. The van der Waals surface area contributed by atoms with Crippen LogP contribution in [0.3, 0.4) is 0 Å². The van der Waals surface area contributed by atoms with Crippen molar-refractivity contribution in [3.8, 4) is 0 Å². The summed E-state index contributed by atoms with van der Waals surface area (Å²) in [4.78, 5) is 31.9. The molecule has 1 aliphatic rings. The van der Waals surface area contributed by atoms with E-state index in [1.54, 1.807) is 11.0 Å². The summed E-state index contributed by atoms with van der Waals surface area (Å²) in [6.45, 7) is 7.58. The molecule has 1 amide bonds. The first kappa shape index (κ1) is 18.9. The smallest absolute Gasteiger partial charge is 0.410 e.